The zero-order valence-corrected chi connectivity index (χ0v) is 18.3. The van der Waals surface area contributed by atoms with E-state index in [4.69, 9.17) is 24.0 Å². The Bertz CT molecular complexity index is 886. The molecule has 31 heavy (non-hydrogen) atoms. The van der Waals surface area contributed by atoms with E-state index in [1.54, 1.807) is 6.20 Å². The van der Waals surface area contributed by atoms with E-state index in [0.29, 0.717) is 13.0 Å². The summed E-state index contributed by atoms with van der Waals surface area (Å²) in [4.78, 5) is 50.7. The second kappa shape index (κ2) is 12.4. The summed E-state index contributed by atoms with van der Waals surface area (Å²) < 4.78 is 14.6. The monoisotopic (exact) mass is 473 g/mol. The highest BCUT2D eigenvalue weighted by Crippen LogP contribution is 2.26. The number of amides is 2. The number of rotatable bonds is 7. The summed E-state index contributed by atoms with van der Waals surface area (Å²) in [5.41, 5.74) is 1.00. The molecule has 3 rings (SSSR count). The molecule has 6 N–H and O–H groups in total. The molecular weight excluding hydrogens is 449 g/mol. The van der Waals surface area contributed by atoms with Gasteiger partial charge in [0, 0.05) is 13.2 Å². The largest absolute Gasteiger partial charge is 0.492 e. The maximum atomic E-state index is 11.6. The van der Waals surface area contributed by atoms with E-state index >= 15 is 0 Å². The van der Waals surface area contributed by atoms with Gasteiger partial charge in [0.1, 0.15) is 18.2 Å². The number of pyridine rings is 1. The molecule has 11 nitrogen and oxygen atoms in total. The number of phosphoric acid groups is 1. The van der Waals surface area contributed by atoms with E-state index in [9.17, 15) is 9.59 Å². The lowest BCUT2D eigenvalue weighted by Crippen LogP contribution is -2.25. The number of hydrogen-bond donors (Lipinski definition) is 4. The van der Waals surface area contributed by atoms with Gasteiger partial charge in [-0.15, -0.1) is 0 Å². The number of carbonyl (C=O) groups is 2. The first-order chi connectivity index (χ1) is 14.1. The maximum Gasteiger partial charge on any atom is 0.466 e. The van der Waals surface area contributed by atoms with Crippen molar-refractivity contribution in [1.82, 2.24) is 10.3 Å². The lowest BCUT2D eigenvalue weighted by Gasteiger charge is -2.18. The van der Waals surface area contributed by atoms with Gasteiger partial charge in [0.25, 0.3) is 5.24 Å². The Morgan fingerprint density at radius 1 is 1.16 bits per heavy atom. The van der Waals surface area contributed by atoms with Crippen molar-refractivity contribution in [3.63, 3.8) is 0 Å². The van der Waals surface area contributed by atoms with Gasteiger partial charge in [-0.1, -0.05) is 30.0 Å². The predicted octanol–water partition coefficient (Wildman–Crippen LogP) is 0.738. The molecule has 1 aromatic carbocycles. The van der Waals surface area contributed by atoms with Gasteiger partial charge < -0.3 is 29.8 Å². The van der Waals surface area contributed by atoms with Crippen LogP contribution in [0.1, 0.15) is 5.56 Å². The summed E-state index contributed by atoms with van der Waals surface area (Å²) in [6.45, 7) is 1.27. The molecular formula is C18H24N3O8PS. The average Bonchev–Trinajstić information content (AvgIpc) is 2.99. The van der Waals surface area contributed by atoms with Crippen LogP contribution in [-0.2, 0) is 15.8 Å². The number of benzene rings is 1. The molecule has 13 heteroatoms. The van der Waals surface area contributed by atoms with Crippen LogP contribution in [0, 0.1) is 0 Å². The Kier molecular flexibility index (Phi) is 10.6. The molecule has 170 valence electrons. The van der Waals surface area contributed by atoms with Gasteiger partial charge in [0.15, 0.2) is 0 Å². The summed E-state index contributed by atoms with van der Waals surface area (Å²) >= 11 is 1.05. The average molecular weight is 473 g/mol. The van der Waals surface area contributed by atoms with Crippen molar-refractivity contribution >= 4 is 36.5 Å². The number of nitrogens with zero attached hydrogens (tertiary/aromatic N) is 2. The Morgan fingerprint density at radius 3 is 2.32 bits per heavy atom. The molecule has 0 saturated carbocycles. The summed E-state index contributed by atoms with van der Waals surface area (Å²) in [6.07, 6.45) is 2.30. The van der Waals surface area contributed by atoms with E-state index < -0.39 is 7.82 Å². The topological polar surface area (TPSA) is 181 Å². The van der Waals surface area contributed by atoms with Crippen LogP contribution in [-0.4, -0.2) is 61.7 Å². The molecule has 0 bridgehead atoms. The van der Waals surface area contributed by atoms with Crippen molar-refractivity contribution in [3.05, 3.63) is 54.2 Å². The first-order valence-electron chi connectivity index (χ1n) is 8.75. The standard InChI is InChI=1S/C18H19N3O3S.H3O4P.H2O/c1-21(16-4-2-3-9-19-16)10-11-24-14-7-5-13(6-8-14)12-15-17(22)20-18(23)25-15;1-5(2,3)4;/h2-9,15H,10-12H2,1H3,(H,20,22,23);(H3,1,2,3,4);1H2. The molecule has 1 aromatic heterocycles. The second-order valence-electron chi connectivity index (χ2n) is 6.20. The SMILES string of the molecule is CN(CCOc1ccc(CC2SC(=O)NC2=O)cc1)c1ccccn1.O.O=P(O)(O)O. The van der Waals surface area contributed by atoms with Crippen molar-refractivity contribution in [2.75, 3.05) is 25.1 Å². The van der Waals surface area contributed by atoms with Gasteiger partial charge in [0.2, 0.25) is 5.91 Å². The zero-order chi connectivity index (χ0) is 22.1. The third-order valence-corrected chi connectivity index (χ3v) is 4.83. The highest BCUT2D eigenvalue weighted by atomic mass is 32.2. The number of aromatic nitrogens is 1. The number of ether oxygens (including phenoxy) is 1. The molecule has 1 saturated heterocycles. The van der Waals surface area contributed by atoms with Gasteiger partial charge in [-0.25, -0.2) is 9.55 Å². The van der Waals surface area contributed by atoms with Gasteiger partial charge >= 0.3 is 7.82 Å². The van der Waals surface area contributed by atoms with Crippen molar-refractivity contribution in [2.45, 2.75) is 11.7 Å². The summed E-state index contributed by atoms with van der Waals surface area (Å²) in [6, 6.07) is 13.4. The van der Waals surface area contributed by atoms with Crippen LogP contribution in [0.25, 0.3) is 0 Å². The molecule has 0 aliphatic carbocycles. The molecule has 1 unspecified atom stereocenters. The number of hydrogen-bond acceptors (Lipinski definition) is 7. The summed E-state index contributed by atoms with van der Waals surface area (Å²) in [5, 5.41) is 1.69. The Balaban J connectivity index is 0.000000721. The fourth-order valence-electron chi connectivity index (χ4n) is 2.46. The van der Waals surface area contributed by atoms with Crippen LogP contribution in [0.15, 0.2) is 48.7 Å². The number of nitrogens with one attached hydrogen (secondary N) is 1. The molecule has 1 atom stereocenters. The van der Waals surface area contributed by atoms with E-state index in [1.165, 1.54) is 0 Å². The van der Waals surface area contributed by atoms with Crippen LogP contribution in [0.4, 0.5) is 10.6 Å². The van der Waals surface area contributed by atoms with E-state index in [-0.39, 0.29) is 21.9 Å². The van der Waals surface area contributed by atoms with Crippen molar-refractivity contribution in [3.8, 4) is 5.75 Å². The van der Waals surface area contributed by atoms with Gasteiger partial charge in [-0.05, 0) is 36.2 Å². The highest BCUT2D eigenvalue weighted by Gasteiger charge is 2.31. The van der Waals surface area contributed by atoms with Crippen LogP contribution >= 0.6 is 19.6 Å². The molecule has 0 spiro atoms. The van der Waals surface area contributed by atoms with E-state index in [0.717, 1.165) is 35.4 Å². The lowest BCUT2D eigenvalue weighted by molar-refractivity contribution is -0.118. The molecule has 2 heterocycles. The molecule has 1 aliphatic rings. The highest BCUT2D eigenvalue weighted by molar-refractivity contribution is 8.15. The minimum absolute atomic E-state index is 0. The van der Waals surface area contributed by atoms with Crippen LogP contribution < -0.4 is 15.0 Å². The van der Waals surface area contributed by atoms with Gasteiger partial charge in [-0.3, -0.25) is 14.9 Å². The van der Waals surface area contributed by atoms with Crippen molar-refractivity contribution < 1.29 is 39.0 Å². The van der Waals surface area contributed by atoms with Crippen LogP contribution in [0.2, 0.25) is 0 Å². The smallest absolute Gasteiger partial charge is 0.466 e. The van der Waals surface area contributed by atoms with E-state index in [2.05, 4.69) is 10.3 Å². The zero-order valence-electron chi connectivity index (χ0n) is 16.5. The number of anilines is 1. The van der Waals surface area contributed by atoms with Crippen molar-refractivity contribution in [2.24, 2.45) is 0 Å². The van der Waals surface area contributed by atoms with Crippen molar-refractivity contribution in [1.29, 1.82) is 0 Å². The quantitative estimate of drug-likeness (QED) is 0.419. The minimum atomic E-state index is -4.64. The normalized spacial score (nSPS) is 15.3. The molecule has 1 fully saturated rings. The number of likely N-dealkylation sites (N-methyl/N-ethyl adjacent to an activating group) is 1. The third-order valence-electron chi connectivity index (χ3n) is 3.85. The summed E-state index contributed by atoms with van der Waals surface area (Å²) in [5.74, 6) is 1.47. The third kappa shape index (κ3) is 10.4. The van der Waals surface area contributed by atoms with E-state index in [1.807, 2.05) is 54.4 Å². The second-order valence-corrected chi connectivity index (χ2v) is 8.40. The Hall–Kier alpha value is -2.47. The molecule has 0 radical (unpaired) electrons. The Morgan fingerprint density at radius 2 is 1.81 bits per heavy atom. The number of imide groups is 1. The minimum Gasteiger partial charge on any atom is -0.492 e. The number of thioether (sulfide) groups is 1. The fourth-order valence-corrected chi connectivity index (χ4v) is 3.32. The van der Waals surface area contributed by atoms with Crippen LogP contribution in [0.5, 0.6) is 5.75 Å². The first-order valence-corrected chi connectivity index (χ1v) is 11.2. The predicted molar refractivity (Wildman–Crippen MR) is 116 cm³/mol. The Labute approximate surface area is 183 Å². The van der Waals surface area contributed by atoms with Gasteiger partial charge in [-0.2, -0.15) is 0 Å². The van der Waals surface area contributed by atoms with Crippen LogP contribution in [0.3, 0.4) is 0 Å². The van der Waals surface area contributed by atoms with Gasteiger partial charge in [0.05, 0.1) is 11.8 Å². The fraction of sp³-hybridized carbons (Fsp3) is 0.278. The number of carbonyl (C=O) groups excluding carboxylic acids is 2. The first kappa shape index (κ1) is 26.6. The molecule has 1 aliphatic heterocycles. The molecule has 2 aromatic rings. The lowest BCUT2D eigenvalue weighted by atomic mass is 10.1. The maximum absolute atomic E-state index is 11.6. The molecule has 2 amide bonds. The summed E-state index contributed by atoms with van der Waals surface area (Å²) in [7, 11) is -2.67.